The molecule has 0 aliphatic carbocycles. The van der Waals surface area contributed by atoms with E-state index in [1.807, 2.05) is 25.1 Å². The molecule has 2 heteroatoms. The Hall–Kier alpha value is -1.96. The zero-order valence-electron chi connectivity index (χ0n) is 8.54. The van der Waals surface area contributed by atoms with Crippen molar-refractivity contribution >= 4 is 27.5 Å². The molecule has 0 unspecified atom stereocenters. The highest BCUT2D eigenvalue weighted by Crippen LogP contribution is 2.28. The van der Waals surface area contributed by atoms with Crippen molar-refractivity contribution in [3.8, 4) is 0 Å². The number of nitrogens with one attached hydrogen (secondary N) is 1. The third kappa shape index (κ3) is 1.11. The van der Waals surface area contributed by atoms with Crippen LogP contribution < -0.4 is 5.73 Å². The molecule has 2 aromatic carbocycles. The van der Waals surface area contributed by atoms with Crippen molar-refractivity contribution in [3.63, 3.8) is 0 Å². The molecule has 1 aromatic heterocycles. The Bertz CT molecular complexity index is 650. The zero-order chi connectivity index (χ0) is 10.4. The number of H-pyrrole nitrogens is 1. The van der Waals surface area contributed by atoms with Gasteiger partial charge in [-0.25, -0.2) is 0 Å². The molecule has 3 rings (SSSR count). The molecule has 0 saturated heterocycles. The Balaban J connectivity index is 2.56. The van der Waals surface area contributed by atoms with Gasteiger partial charge in [-0.15, -0.1) is 0 Å². The molecule has 0 fully saturated rings. The van der Waals surface area contributed by atoms with Crippen molar-refractivity contribution in [1.82, 2.24) is 4.98 Å². The van der Waals surface area contributed by atoms with Crippen LogP contribution in [0.2, 0.25) is 0 Å². The second-order valence-corrected chi connectivity index (χ2v) is 3.92. The van der Waals surface area contributed by atoms with Crippen molar-refractivity contribution in [2.75, 3.05) is 5.73 Å². The maximum Gasteiger partial charge on any atom is 0.0469 e. The van der Waals surface area contributed by atoms with E-state index in [1.54, 1.807) is 0 Å². The van der Waals surface area contributed by atoms with Crippen LogP contribution in [0.1, 0.15) is 5.56 Å². The largest absolute Gasteiger partial charge is 0.398 e. The first-order chi connectivity index (χ1) is 7.25. The van der Waals surface area contributed by atoms with Gasteiger partial charge in [-0.2, -0.15) is 0 Å². The molecule has 0 saturated carbocycles. The molecular weight excluding hydrogens is 184 g/mol. The number of anilines is 1. The summed E-state index contributed by atoms with van der Waals surface area (Å²) in [7, 11) is 0. The van der Waals surface area contributed by atoms with Crippen molar-refractivity contribution in [3.05, 3.63) is 42.0 Å². The first-order valence-electron chi connectivity index (χ1n) is 5.02. The molecule has 0 spiro atoms. The first-order valence-corrected chi connectivity index (χ1v) is 5.02. The summed E-state index contributed by atoms with van der Waals surface area (Å²) in [6.07, 6.45) is 0. The molecule has 0 atom stereocenters. The number of hydrogen-bond acceptors (Lipinski definition) is 1. The van der Waals surface area contributed by atoms with Gasteiger partial charge in [0.25, 0.3) is 0 Å². The second kappa shape index (κ2) is 2.76. The van der Waals surface area contributed by atoms with E-state index in [1.165, 1.54) is 10.8 Å². The fraction of sp³-hybridized carbons (Fsp3) is 0.0769. The molecule has 0 amide bonds. The molecule has 3 aromatic rings. The number of nitrogen functional groups attached to an aromatic ring is 1. The minimum atomic E-state index is 0.854. The fourth-order valence-corrected chi connectivity index (χ4v) is 2.02. The highest BCUT2D eigenvalue weighted by Gasteiger charge is 2.04. The predicted molar refractivity (Wildman–Crippen MR) is 65.0 cm³/mol. The predicted octanol–water partition coefficient (Wildman–Crippen LogP) is 3.21. The Morgan fingerprint density at radius 2 is 1.80 bits per heavy atom. The summed E-state index contributed by atoms with van der Waals surface area (Å²) < 4.78 is 0. The van der Waals surface area contributed by atoms with Crippen molar-refractivity contribution in [2.45, 2.75) is 6.92 Å². The number of aromatic nitrogens is 1. The summed E-state index contributed by atoms with van der Waals surface area (Å²) in [5.74, 6) is 0. The first kappa shape index (κ1) is 8.36. The maximum absolute atomic E-state index is 5.92. The SMILES string of the molecule is Cc1cc2[nH]c3ccccc3c2cc1N. The third-order valence-corrected chi connectivity index (χ3v) is 2.89. The highest BCUT2D eigenvalue weighted by molar-refractivity contribution is 6.08. The van der Waals surface area contributed by atoms with Gasteiger partial charge in [-0.3, -0.25) is 0 Å². The number of benzene rings is 2. The Morgan fingerprint density at radius 1 is 1.00 bits per heavy atom. The van der Waals surface area contributed by atoms with Crippen LogP contribution in [0.3, 0.4) is 0 Å². The molecule has 2 nitrogen and oxygen atoms in total. The molecule has 3 N–H and O–H groups in total. The highest BCUT2D eigenvalue weighted by atomic mass is 14.7. The van der Waals surface area contributed by atoms with E-state index >= 15 is 0 Å². The van der Waals surface area contributed by atoms with E-state index in [-0.39, 0.29) is 0 Å². The lowest BCUT2D eigenvalue weighted by Gasteiger charge is -1.99. The molecular formula is C13H12N2. The molecule has 0 radical (unpaired) electrons. The maximum atomic E-state index is 5.92. The summed E-state index contributed by atoms with van der Waals surface area (Å²) >= 11 is 0. The van der Waals surface area contributed by atoms with Crippen LogP contribution in [0.25, 0.3) is 21.8 Å². The minimum absolute atomic E-state index is 0.854. The Labute approximate surface area is 87.7 Å². The third-order valence-electron chi connectivity index (χ3n) is 2.89. The van der Waals surface area contributed by atoms with Gasteiger partial charge in [0.05, 0.1) is 0 Å². The molecule has 0 aliphatic rings. The lowest BCUT2D eigenvalue weighted by Crippen LogP contribution is -1.88. The topological polar surface area (TPSA) is 41.8 Å². The number of hydrogen-bond donors (Lipinski definition) is 2. The average Bonchev–Trinajstić information content (AvgIpc) is 2.57. The summed E-state index contributed by atoms with van der Waals surface area (Å²) in [5, 5.41) is 2.44. The van der Waals surface area contributed by atoms with E-state index in [0.29, 0.717) is 0 Å². The van der Waals surface area contributed by atoms with Crippen LogP contribution in [0.4, 0.5) is 5.69 Å². The van der Waals surface area contributed by atoms with Crippen molar-refractivity contribution in [2.24, 2.45) is 0 Å². The number of aryl methyl sites for hydroxylation is 1. The summed E-state index contributed by atoms with van der Waals surface area (Å²) in [6.45, 7) is 2.03. The number of para-hydroxylation sites is 1. The second-order valence-electron chi connectivity index (χ2n) is 3.92. The van der Waals surface area contributed by atoms with E-state index in [9.17, 15) is 0 Å². The Kier molecular flexibility index (Phi) is 1.54. The minimum Gasteiger partial charge on any atom is -0.398 e. The average molecular weight is 196 g/mol. The summed E-state index contributed by atoms with van der Waals surface area (Å²) in [6, 6.07) is 12.4. The van der Waals surface area contributed by atoms with E-state index < -0.39 is 0 Å². The van der Waals surface area contributed by atoms with Gasteiger partial charge in [0.15, 0.2) is 0 Å². The molecule has 0 aliphatic heterocycles. The number of nitrogens with two attached hydrogens (primary N) is 1. The molecule has 0 bridgehead atoms. The molecule has 1 heterocycles. The fourth-order valence-electron chi connectivity index (χ4n) is 2.02. The number of fused-ring (bicyclic) bond motifs is 3. The monoisotopic (exact) mass is 196 g/mol. The van der Waals surface area contributed by atoms with Crippen LogP contribution in [0.5, 0.6) is 0 Å². The summed E-state index contributed by atoms with van der Waals surface area (Å²) in [4.78, 5) is 3.39. The smallest absolute Gasteiger partial charge is 0.0469 e. The standard InChI is InChI=1S/C13H12N2/c1-8-6-13-10(7-11(8)14)9-4-2-3-5-12(9)15-13/h2-7,15H,14H2,1H3. The van der Waals surface area contributed by atoms with Crippen molar-refractivity contribution in [1.29, 1.82) is 0 Å². The van der Waals surface area contributed by atoms with Gasteiger partial charge in [-0.1, -0.05) is 18.2 Å². The molecule has 15 heavy (non-hydrogen) atoms. The van der Waals surface area contributed by atoms with Gasteiger partial charge in [0.1, 0.15) is 0 Å². The quantitative estimate of drug-likeness (QED) is 0.532. The van der Waals surface area contributed by atoms with Crippen molar-refractivity contribution < 1.29 is 0 Å². The van der Waals surface area contributed by atoms with E-state index in [4.69, 9.17) is 5.73 Å². The lowest BCUT2D eigenvalue weighted by atomic mass is 10.1. The van der Waals surface area contributed by atoms with Crippen LogP contribution in [0.15, 0.2) is 36.4 Å². The van der Waals surface area contributed by atoms with E-state index in [2.05, 4.69) is 23.2 Å². The number of aromatic amines is 1. The van der Waals surface area contributed by atoms with E-state index in [0.717, 1.165) is 22.3 Å². The normalized spacial score (nSPS) is 11.3. The summed E-state index contributed by atoms with van der Waals surface area (Å²) in [5.41, 5.74) is 10.2. The van der Waals surface area contributed by atoms with Gasteiger partial charge in [0.2, 0.25) is 0 Å². The molecule has 74 valence electrons. The van der Waals surface area contributed by atoms with Gasteiger partial charge in [-0.05, 0) is 30.7 Å². The van der Waals surface area contributed by atoms with Crippen LogP contribution >= 0.6 is 0 Å². The van der Waals surface area contributed by atoms with Crippen LogP contribution in [0, 0.1) is 6.92 Å². The van der Waals surface area contributed by atoms with Gasteiger partial charge in [0, 0.05) is 27.5 Å². The number of rotatable bonds is 0. The zero-order valence-corrected chi connectivity index (χ0v) is 8.54. The van der Waals surface area contributed by atoms with Gasteiger partial charge < -0.3 is 10.7 Å². The van der Waals surface area contributed by atoms with Crippen LogP contribution in [-0.2, 0) is 0 Å². The lowest BCUT2D eigenvalue weighted by molar-refractivity contribution is 1.47. The Morgan fingerprint density at radius 3 is 2.67 bits per heavy atom. The van der Waals surface area contributed by atoms with Gasteiger partial charge >= 0.3 is 0 Å². The van der Waals surface area contributed by atoms with Crippen LogP contribution in [-0.4, -0.2) is 4.98 Å².